The first-order valence-electron chi connectivity index (χ1n) is 23.6. The highest BCUT2D eigenvalue weighted by molar-refractivity contribution is 5.79. The lowest BCUT2D eigenvalue weighted by Gasteiger charge is -2.71. The van der Waals surface area contributed by atoms with E-state index in [1.165, 1.54) is 5.57 Å². The third-order valence-corrected chi connectivity index (χ3v) is 18.9. The number of ether oxygens (including phenoxy) is 6. The second kappa shape index (κ2) is 16.7. The predicted molar refractivity (Wildman–Crippen MR) is 223 cm³/mol. The topological polar surface area (TPSA) is 255 Å². The van der Waals surface area contributed by atoms with Gasteiger partial charge in [-0.2, -0.15) is 0 Å². The molecule has 5 aliphatic carbocycles. The van der Waals surface area contributed by atoms with E-state index in [9.17, 15) is 50.8 Å². The van der Waals surface area contributed by atoms with Crippen LogP contribution < -0.4 is 0 Å². The first-order chi connectivity index (χ1) is 29.4. The van der Waals surface area contributed by atoms with Gasteiger partial charge >= 0.3 is 5.97 Å². The molecule has 0 spiro atoms. The smallest absolute Gasteiger partial charge is 0.315 e. The number of allylic oxidation sites excluding steroid dienone is 2. The summed E-state index contributed by atoms with van der Waals surface area (Å²) >= 11 is 0. The van der Waals surface area contributed by atoms with Gasteiger partial charge in [-0.05, 0) is 116 Å². The number of fused-ring (bicyclic) bond motifs is 7. The summed E-state index contributed by atoms with van der Waals surface area (Å²) in [5, 5.41) is 94.6. The maximum absolute atomic E-state index is 14.6. The molecule has 0 aromatic heterocycles. The van der Waals surface area contributed by atoms with E-state index in [1.807, 2.05) is 0 Å². The van der Waals surface area contributed by atoms with Gasteiger partial charge in [-0.1, -0.05) is 60.1 Å². The Morgan fingerprint density at radius 3 is 2.08 bits per heavy atom. The Hall–Kier alpha value is -1.35. The Labute approximate surface area is 371 Å². The quantitative estimate of drug-likeness (QED) is 0.100. The molecule has 360 valence electrons. The van der Waals surface area contributed by atoms with Crippen LogP contribution >= 0.6 is 0 Å². The van der Waals surface area contributed by atoms with Crippen molar-refractivity contribution in [2.75, 3.05) is 13.2 Å². The molecule has 3 saturated heterocycles. The molecule has 22 atom stereocenters. The number of carbonyl (C=O) groups excluding carboxylic acids is 1. The minimum absolute atomic E-state index is 0.0295. The number of rotatable bonds is 7. The highest BCUT2D eigenvalue weighted by atomic mass is 16.7. The molecule has 4 saturated carbocycles. The number of hydrogen-bond acceptors (Lipinski definition) is 16. The van der Waals surface area contributed by atoms with Crippen molar-refractivity contribution < 1.29 is 79.2 Å². The zero-order chi connectivity index (χ0) is 46.0. The van der Waals surface area contributed by atoms with Gasteiger partial charge < -0.3 is 74.4 Å². The van der Waals surface area contributed by atoms with Crippen LogP contribution in [0.4, 0.5) is 0 Å². The molecule has 0 bridgehead atoms. The monoisotopic (exact) mass is 897 g/mol. The Morgan fingerprint density at radius 2 is 1.38 bits per heavy atom. The highest BCUT2D eigenvalue weighted by Gasteiger charge is 2.70. The van der Waals surface area contributed by atoms with Gasteiger partial charge in [-0.3, -0.25) is 4.79 Å². The van der Waals surface area contributed by atoms with E-state index in [0.29, 0.717) is 25.2 Å². The van der Waals surface area contributed by atoms with Gasteiger partial charge in [0.2, 0.25) is 6.29 Å². The maximum Gasteiger partial charge on any atom is 0.315 e. The molecule has 8 aliphatic rings. The zero-order valence-corrected chi connectivity index (χ0v) is 38.3. The van der Waals surface area contributed by atoms with Gasteiger partial charge in [0.05, 0.1) is 30.8 Å². The lowest BCUT2D eigenvalue weighted by molar-refractivity contribution is -0.356. The summed E-state index contributed by atoms with van der Waals surface area (Å²) in [6.45, 7) is 17.2. The fourth-order valence-corrected chi connectivity index (χ4v) is 14.7. The van der Waals surface area contributed by atoms with E-state index in [1.54, 1.807) is 6.92 Å². The predicted octanol–water partition coefficient (Wildman–Crippen LogP) is 1.81. The summed E-state index contributed by atoms with van der Waals surface area (Å²) in [7, 11) is 0. The van der Waals surface area contributed by atoms with Gasteiger partial charge in [0.25, 0.3) is 0 Å². The van der Waals surface area contributed by atoms with Crippen molar-refractivity contribution >= 4 is 5.97 Å². The van der Waals surface area contributed by atoms with E-state index in [0.717, 1.165) is 44.9 Å². The maximum atomic E-state index is 14.6. The molecule has 0 radical (unpaired) electrons. The molecule has 7 fully saturated rings. The molecule has 63 heavy (non-hydrogen) atoms. The summed E-state index contributed by atoms with van der Waals surface area (Å²) in [5.74, 6) is 0.0193. The van der Waals surface area contributed by atoms with Crippen LogP contribution in [0.1, 0.15) is 120 Å². The normalized spacial score (nSPS) is 54.1. The molecule has 3 aliphatic heterocycles. The van der Waals surface area contributed by atoms with Crippen molar-refractivity contribution in [3.05, 3.63) is 11.6 Å². The molecule has 8 rings (SSSR count). The second-order valence-corrected chi connectivity index (χ2v) is 23.0. The Balaban J connectivity index is 0.998. The van der Waals surface area contributed by atoms with Gasteiger partial charge in [-0.25, -0.2) is 0 Å². The highest BCUT2D eigenvalue weighted by Crippen LogP contribution is 2.76. The van der Waals surface area contributed by atoms with Crippen LogP contribution in [0.2, 0.25) is 0 Å². The van der Waals surface area contributed by atoms with Crippen molar-refractivity contribution in [1.82, 2.24) is 0 Å². The third-order valence-electron chi connectivity index (χ3n) is 18.9. The van der Waals surface area contributed by atoms with Crippen LogP contribution in [0.3, 0.4) is 0 Å². The average molecular weight is 897 g/mol. The molecule has 16 heteroatoms. The second-order valence-electron chi connectivity index (χ2n) is 23.0. The molecule has 3 heterocycles. The van der Waals surface area contributed by atoms with Crippen LogP contribution in [-0.4, -0.2) is 157 Å². The van der Waals surface area contributed by atoms with E-state index < -0.39 is 104 Å². The van der Waals surface area contributed by atoms with Gasteiger partial charge in [0.1, 0.15) is 61.0 Å². The average Bonchev–Trinajstić information content (AvgIpc) is 3.22. The summed E-state index contributed by atoms with van der Waals surface area (Å²) in [6.07, 6.45) is -9.07. The van der Waals surface area contributed by atoms with Gasteiger partial charge in [-0.15, -0.1) is 0 Å². The van der Waals surface area contributed by atoms with E-state index in [-0.39, 0.29) is 51.6 Å². The van der Waals surface area contributed by atoms with E-state index >= 15 is 0 Å². The minimum atomic E-state index is -1.67. The number of esters is 1. The largest absolute Gasteiger partial charge is 0.432 e. The molecule has 0 aromatic carbocycles. The SMILES string of the molecule is CC1OC(OC2CCC3(C)C(CCC4(C)C3CC=C3C5CC(C)(C)CCC5(C(=O)OC5OC(CO)C(O)C(O)C5O)CCC34C)C2(C)C)C(O)C(O)C1OC1OCC(O)C(O)C1O. The van der Waals surface area contributed by atoms with Crippen molar-refractivity contribution in [3.63, 3.8) is 0 Å². The molecule has 9 N–H and O–H groups in total. The summed E-state index contributed by atoms with van der Waals surface area (Å²) in [4.78, 5) is 14.6. The fraction of sp³-hybridized carbons (Fsp3) is 0.936. The summed E-state index contributed by atoms with van der Waals surface area (Å²) in [5.41, 5.74) is -0.290. The van der Waals surface area contributed by atoms with Crippen LogP contribution in [-0.2, 0) is 33.2 Å². The number of aliphatic hydroxyl groups excluding tert-OH is 9. The van der Waals surface area contributed by atoms with Crippen molar-refractivity contribution in [2.24, 2.45) is 50.2 Å². The van der Waals surface area contributed by atoms with Crippen LogP contribution in [0, 0.1) is 50.2 Å². The lowest BCUT2D eigenvalue weighted by atomic mass is 9.33. The molecular weight excluding hydrogens is 821 g/mol. The Bertz CT molecular complexity index is 1720. The van der Waals surface area contributed by atoms with Crippen molar-refractivity contribution in [1.29, 1.82) is 0 Å². The van der Waals surface area contributed by atoms with Crippen LogP contribution in [0.25, 0.3) is 0 Å². The molecule has 16 nitrogen and oxygen atoms in total. The number of carbonyl (C=O) groups is 1. The molecule has 22 unspecified atom stereocenters. The van der Waals surface area contributed by atoms with E-state index in [4.69, 9.17) is 28.4 Å². The fourth-order valence-electron chi connectivity index (χ4n) is 14.7. The van der Waals surface area contributed by atoms with Crippen LogP contribution in [0.15, 0.2) is 11.6 Å². The van der Waals surface area contributed by atoms with Crippen LogP contribution in [0.5, 0.6) is 0 Å². The number of hydrogen-bond donors (Lipinski definition) is 9. The minimum Gasteiger partial charge on any atom is -0.432 e. The first-order valence-corrected chi connectivity index (χ1v) is 23.6. The summed E-state index contributed by atoms with van der Waals surface area (Å²) in [6, 6.07) is 0. The standard InChI is InChI=1S/C47H76O16/c1-22-37(62-38-34(54)30(50)25(49)21-58-38)33(53)36(56)39(59-22)61-29-12-13-44(6)27(43(29,4)5)11-14-46(8)28(44)10-9-23-24-19-42(2,3)15-17-47(24,18-16-45(23,46)7)41(57)63-40-35(55)32(52)31(51)26(20-48)60-40/h9,22,24-40,48-56H,10-21H2,1-8H3. The molecule has 0 amide bonds. The van der Waals surface area contributed by atoms with Gasteiger partial charge in [0, 0.05) is 0 Å². The van der Waals surface area contributed by atoms with Crippen molar-refractivity contribution in [3.8, 4) is 0 Å². The number of aliphatic hydroxyl groups is 9. The van der Waals surface area contributed by atoms with E-state index in [2.05, 4.69) is 54.5 Å². The lowest BCUT2D eigenvalue weighted by Crippen LogP contribution is -2.66. The van der Waals surface area contributed by atoms with Gasteiger partial charge in [0.15, 0.2) is 12.6 Å². The zero-order valence-electron chi connectivity index (χ0n) is 38.3. The Kier molecular flexibility index (Phi) is 12.8. The van der Waals surface area contributed by atoms with Crippen molar-refractivity contribution in [2.45, 2.75) is 212 Å². The molecular formula is C47H76O16. The Morgan fingerprint density at radius 1 is 0.714 bits per heavy atom. The molecule has 0 aromatic rings. The third kappa shape index (κ3) is 7.51. The summed E-state index contributed by atoms with van der Waals surface area (Å²) < 4.78 is 35.8. The first kappa shape index (κ1) is 48.1.